The van der Waals surface area contributed by atoms with Crippen molar-refractivity contribution in [1.29, 1.82) is 0 Å². The van der Waals surface area contributed by atoms with Crippen LogP contribution in [0.2, 0.25) is 0 Å². The van der Waals surface area contributed by atoms with Crippen LogP contribution < -0.4 is 10.2 Å². The lowest BCUT2D eigenvalue weighted by atomic mass is 10.1. The number of carbonyl (C=O) groups is 1. The molecule has 1 amide bonds. The normalized spacial score (nSPS) is 14.9. The van der Waals surface area contributed by atoms with Gasteiger partial charge in [-0.1, -0.05) is 0 Å². The first-order valence-corrected chi connectivity index (χ1v) is 9.08. The maximum atomic E-state index is 13.9. The maximum absolute atomic E-state index is 13.9. The van der Waals surface area contributed by atoms with E-state index < -0.39 is 16.6 Å². The zero-order valence-corrected chi connectivity index (χ0v) is 15.7. The molecular weight excluding hydrogens is 379 g/mol. The molecule has 0 atom stereocenters. The Morgan fingerprint density at radius 2 is 2.00 bits per heavy atom. The van der Waals surface area contributed by atoms with Gasteiger partial charge in [0.1, 0.15) is 11.3 Å². The molecule has 0 spiro atoms. The molecule has 0 aliphatic carbocycles. The lowest BCUT2D eigenvalue weighted by Crippen LogP contribution is -2.44. The zero-order chi connectivity index (χ0) is 20.5. The minimum Gasteiger partial charge on any atom is -0.367 e. The number of hydrogen-bond donors (Lipinski definition) is 2. The first kappa shape index (κ1) is 18.8. The third-order valence-electron chi connectivity index (χ3n) is 5.02. The molecule has 9 nitrogen and oxygen atoms in total. The first-order valence-electron chi connectivity index (χ1n) is 9.08. The number of amides is 1. The predicted molar refractivity (Wildman–Crippen MR) is 107 cm³/mol. The summed E-state index contributed by atoms with van der Waals surface area (Å²) in [6.45, 7) is 3.12. The fourth-order valence-electron chi connectivity index (χ4n) is 3.44. The summed E-state index contributed by atoms with van der Waals surface area (Å²) < 4.78 is 13.9. The summed E-state index contributed by atoms with van der Waals surface area (Å²) in [6, 6.07) is 6.73. The van der Waals surface area contributed by atoms with Crippen LogP contribution in [0, 0.1) is 15.9 Å². The number of nitro groups is 1. The van der Waals surface area contributed by atoms with E-state index in [0.717, 1.165) is 32.2 Å². The van der Waals surface area contributed by atoms with Crippen LogP contribution in [0.15, 0.2) is 36.7 Å². The van der Waals surface area contributed by atoms with E-state index in [1.165, 1.54) is 24.5 Å². The number of halogens is 1. The number of piperazine rings is 1. The highest BCUT2D eigenvalue weighted by Gasteiger charge is 2.22. The number of H-pyrrole nitrogens is 1. The number of nitro benzene ring substituents is 1. The number of anilines is 2. The molecule has 0 radical (unpaired) electrons. The number of nitrogens with one attached hydrogen (secondary N) is 2. The lowest BCUT2D eigenvalue weighted by Gasteiger charge is -2.35. The van der Waals surface area contributed by atoms with E-state index in [1.54, 1.807) is 6.07 Å². The van der Waals surface area contributed by atoms with Gasteiger partial charge in [-0.15, -0.1) is 0 Å². The van der Waals surface area contributed by atoms with Gasteiger partial charge < -0.3 is 20.1 Å². The third kappa shape index (κ3) is 3.74. The Kier molecular flexibility index (Phi) is 4.85. The zero-order valence-electron chi connectivity index (χ0n) is 15.7. The Balaban J connectivity index is 1.70. The van der Waals surface area contributed by atoms with E-state index in [9.17, 15) is 19.3 Å². The Morgan fingerprint density at radius 3 is 2.72 bits per heavy atom. The minimum absolute atomic E-state index is 0.0529. The van der Waals surface area contributed by atoms with Crippen molar-refractivity contribution in [2.24, 2.45) is 0 Å². The van der Waals surface area contributed by atoms with Crippen molar-refractivity contribution >= 4 is 34.0 Å². The van der Waals surface area contributed by atoms with Crippen molar-refractivity contribution in [3.8, 4) is 0 Å². The van der Waals surface area contributed by atoms with Gasteiger partial charge in [0.25, 0.3) is 11.6 Å². The number of imidazole rings is 1. The van der Waals surface area contributed by atoms with Gasteiger partial charge in [0.05, 0.1) is 33.7 Å². The van der Waals surface area contributed by atoms with Crippen molar-refractivity contribution in [3.63, 3.8) is 0 Å². The molecular formula is C19H19FN6O3. The second kappa shape index (κ2) is 7.47. The Morgan fingerprint density at radius 1 is 1.24 bits per heavy atom. The Bertz CT molecular complexity index is 1090. The van der Waals surface area contributed by atoms with E-state index >= 15 is 0 Å². The van der Waals surface area contributed by atoms with Crippen LogP contribution in [-0.2, 0) is 0 Å². The summed E-state index contributed by atoms with van der Waals surface area (Å²) >= 11 is 0. The highest BCUT2D eigenvalue weighted by molar-refractivity contribution is 6.12. The molecule has 1 aliphatic heterocycles. The van der Waals surface area contributed by atoms with Crippen LogP contribution >= 0.6 is 0 Å². The molecule has 2 N–H and O–H groups in total. The molecule has 1 fully saturated rings. The van der Waals surface area contributed by atoms with E-state index in [4.69, 9.17) is 0 Å². The fourth-order valence-corrected chi connectivity index (χ4v) is 3.44. The van der Waals surface area contributed by atoms with Crippen molar-refractivity contribution in [2.75, 3.05) is 43.4 Å². The second-order valence-corrected chi connectivity index (χ2v) is 6.96. The molecule has 1 aromatic heterocycles. The molecule has 2 heterocycles. The highest BCUT2D eigenvalue weighted by Crippen LogP contribution is 2.32. The van der Waals surface area contributed by atoms with E-state index in [2.05, 4.69) is 25.1 Å². The standard InChI is InChI=1S/C19H19FN6O3/c1-24-4-6-25(7-5-24)17-3-2-13(26(28)29)10-15(17)23-19(27)14-8-12(20)9-16-18(14)22-11-21-16/h2-3,8-11H,4-7H2,1H3,(H,21,22)(H,23,27). The number of nitrogens with zero attached hydrogens (tertiary/aromatic N) is 4. The van der Waals surface area contributed by atoms with Crippen LogP contribution in [0.25, 0.3) is 11.0 Å². The molecule has 2 aromatic carbocycles. The highest BCUT2D eigenvalue weighted by atomic mass is 19.1. The Labute approximate surface area is 165 Å². The van der Waals surface area contributed by atoms with Crippen LogP contribution in [0.5, 0.6) is 0 Å². The molecule has 1 saturated heterocycles. The van der Waals surface area contributed by atoms with Crippen LogP contribution in [0.1, 0.15) is 10.4 Å². The number of aromatic amines is 1. The molecule has 29 heavy (non-hydrogen) atoms. The van der Waals surface area contributed by atoms with Gasteiger partial charge in [-0.3, -0.25) is 14.9 Å². The number of benzene rings is 2. The Hall–Kier alpha value is -3.53. The van der Waals surface area contributed by atoms with Crippen molar-refractivity contribution in [3.05, 3.63) is 58.2 Å². The van der Waals surface area contributed by atoms with Gasteiger partial charge in [-0.2, -0.15) is 0 Å². The van der Waals surface area contributed by atoms with Crippen molar-refractivity contribution < 1.29 is 14.1 Å². The molecule has 0 unspecified atom stereocenters. The monoisotopic (exact) mass is 398 g/mol. The summed E-state index contributed by atoms with van der Waals surface area (Å²) in [7, 11) is 2.02. The van der Waals surface area contributed by atoms with Crippen molar-refractivity contribution in [2.45, 2.75) is 0 Å². The first-order chi connectivity index (χ1) is 13.9. The van der Waals surface area contributed by atoms with Gasteiger partial charge in [-0.25, -0.2) is 9.37 Å². The molecule has 10 heteroatoms. The SMILES string of the molecule is CN1CCN(c2ccc([N+](=O)[O-])cc2NC(=O)c2cc(F)cc3[nH]cnc23)CC1. The van der Waals surface area contributed by atoms with E-state index in [-0.39, 0.29) is 11.3 Å². The molecule has 4 rings (SSSR count). The van der Waals surface area contributed by atoms with Crippen LogP contribution in [0.4, 0.5) is 21.5 Å². The second-order valence-electron chi connectivity index (χ2n) is 6.96. The van der Waals surface area contributed by atoms with Crippen molar-refractivity contribution in [1.82, 2.24) is 14.9 Å². The van der Waals surface area contributed by atoms with Gasteiger partial charge in [0.2, 0.25) is 0 Å². The third-order valence-corrected chi connectivity index (χ3v) is 5.02. The summed E-state index contributed by atoms with van der Waals surface area (Å²) in [5.41, 5.74) is 1.64. The summed E-state index contributed by atoms with van der Waals surface area (Å²) in [6.07, 6.45) is 1.38. The van der Waals surface area contributed by atoms with Gasteiger partial charge in [0, 0.05) is 38.3 Å². The number of hydrogen-bond acceptors (Lipinski definition) is 6. The number of non-ortho nitro benzene ring substituents is 1. The number of rotatable bonds is 4. The smallest absolute Gasteiger partial charge is 0.271 e. The number of likely N-dealkylation sites (N-methyl/N-ethyl adjacent to an activating group) is 1. The largest absolute Gasteiger partial charge is 0.367 e. The van der Waals surface area contributed by atoms with Crippen LogP contribution in [-0.4, -0.2) is 58.9 Å². The van der Waals surface area contributed by atoms with E-state index in [0.29, 0.717) is 22.4 Å². The fraction of sp³-hybridized carbons (Fsp3) is 0.263. The minimum atomic E-state index is -0.586. The van der Waals surface area contributed by atoms with E-state index in [1.807, 2.05) is 7.05 Å². The van der Waals surface area contributed by atoms with Gasteiger partial charge >= 0.3 is 0 Å². The predicted octanol–water partition coefficient (Wildman–Crippen LogP) is 2.61. The maximum Gasteiger partial charge on any atom is 0.271 e. The van der Waals surface area contributed by atoms with Gasteiger partial charge in [-0.05, 0) is 25.2 Å². The molecule has 0 saturated carbocycles. The number of fused-ring (bicyclic) bond motifs is 1. The van der Waals surface area contributed by atoms with Crippen LogP contribution in [0.3, 0.4) is 0 Å². The number of aromatic nitrogens is 2. The molecule has 3 aromatic rings. The number of carbonyl (C=O) groups excluding carboxylic acids is 1. The molecule has 0 bridgehead atoms. The average Bonchev–Trinajstić information content (AvgIpc) is 3.16. The quantitative estimate of drug-likeness (QED) is 0.517. The summed E-state index contributed by atoms with van der Waals surface area (Å²) in [4.78, 5) is 34.7. The summed E-state index contributed by atoms with van der Waals surface area (Å²) in [5, 5.41) is 14.0. The lowest BCUT2D eigenvalue weighted by molar-refractivity contribution is -0.384. The molecule has 150 valence electrons. The average molecular weight is 398 g/mol. The summed E-state index contributed by atoms with van der Waals surface area (Å²) in [5.74, 6) is -1.16. The molecule has 1 aliphatic rings. The topological polar surface area (TPSA) is 107 Å². The van der Waals surface area contributed by atoms with Gasteiger partial charge in [0.15, 0.2) is 0 Å².